The first-order chi connectivity index (χ1) is 19.1. The maximum absolute atomic E-state index is 13.1. The topological polar surface area (TPSA) is 157 Å². The van der Waals surface area contributed by atoms with E-state index >= 15 is 0 Å². The van der Waals surface area contributed by atoms with Crippen LogP contribution in [0.25, 0.3) is 11.3 Å². The van der Waals surface area contributed by atoms with Gasteiger partial charge in [0.2, 0.25) is 5.91 Å². The highest BCUT2D eigenvalue weighted by Gasteiger charge is 2.31. The van der Waals surface area contributed by atoms with Crippen molar-refractivity contribution in [1.82, 2.24) is 24.9 Å². The number of carbonyl (C=O) groups excluding carboxylic acids is 3. The summed E-state index contributed by atoms with van der Waals surface area (Å²) >= 11 is 0. The van der Waals surface area contributed by atoms with E-state index in [0.717, 1.165) is 28.8 Å². The molecule has 5 rings (SSSR count). The maximum atomic E-state index is 13.1. The Bertz CT molecular complexity index is 1490. The van der Waals surface area contributed by atoms with Crippen molar-refractivity contribution in [3.05, 3.63) is 84.1 Å². The number of hydrogen-bond acceptors (Lipinski definition) is 6. The lowest BCUT2D eigenvalue weighted by Gasteiger charge is -2.10. The molecule has 1 aliphatic carbocycles. The number of anilines is 1. The summed E-state index contributed by atoms with van der Waals surface area (Å²) in [5, 5.41) is 24.0. The number of halogens is 1. The van der Waals surface area contributed by atoms with E-state index in [2.05, 4.69) is 20.8 Å². The van der Waals surface area contributed by atoms with E-state index in [0.29, 0.717) is 16.9 Å². The Balaban J connectivity index is 0.000000398. The largest absolute Gasteiger partial charge is 0.507 e. The summed E-state index contributed by atoms with van der Waals surface area (Å²) in [6.45, 7) is 3.83. The molecule has 1 saturated carbocycles. The fraction of sp³-hybridized carbons (Fsp3) is 0.250. The molecule has 3 amide bonds. The molecule has 12 heteroatoms. The number of benzene rings is 2. The van der Waals surface area contributed by atoms with Crippen LogP contribution in [0, 0.1) is 11.7 Å². The van der Waals surface area contributed by atoms with Gasteiger partial charge in [-0.3, -0.25) is 4.79 Å². The van der Waals surface area contributed by atoms with E-state index in [9.17, 15) is 23.9 Å². The van der Waals surface area contributed by atoms with E-state index in [-0.39, 0.29) is 35.9 Å². The third-order valence-electron chi connectivity index (χ3n) is 6.08. The number of phenols is 1. The molecule has 0 atom stereocenters. The predicted octanol–water partition coefficient (Wildman–Crippen LogP) is 4.43. The van der Waals surface area contributed by atoms with Crippen LogP contribution in [0.2, 0.25) is 0 Å². The lowest BCUT2D eigenvalue weighted by Crippen LogP contribution is -2.30. The van der Waals surface area contributed by atoms with Gasteiger partial charge in [0, 0.05) is 42.0 Å². The van der Waals surface area contributed by atoms with Crippen LogP contribution >= 0.6 is 0 Å². The molecule has 2 aromatic carbocycles. The van der Waals surface area contributed by atoms with Crippen molar-refractivity contribution in [2.75, 3.05) is 5.32 Å². The predicted molar refractivity (Wildman–Crippen MR) is 146 cm³/mol. The normalized spacial score (nSPS) is 12.4. The summed E-state index contributed by atoms with van der Waals surface area (Å²) in [5.41, 5.74) is 7.78. The fourth-order valence-corrected chi connectivity index (χ4v) is 3.72. The molecule has 0 aliphatic heterocycles. The molecule has 1 aliphatic rings. The van der Waals surface area contributed by atoms with Gasteiger partial charge in [-0.05, 0) is 60.9 Å². The number of aromatic hydroxyl groups is 1. The molecule has 2 aromatic heterocycles. The second-order valence-electron chi connectivity index (χ2n) is 9.59. The zero-order chi connectivity index (χ0) is 28.8. The molecule has 4 aromatic rings. The van der Waals surface area contributed by atoms with E-state index in [1.54, 1.807) is 50.2 Å². The van der Waals surface area contributed by atoms with Crippen LogP contribution < -0.4 is 16.4 Å². The van der Waals surface area contributed by atoms with Crippen molar-refractivity contribution in [1.29, 1.82) is 0 Å². The Labute approximate surface area is 229 Å². The highest BCUT2D eigenvalue weighted by molar-refractivity contribution is 5.93. The molecular weight excluding hydrogens is 517 g/mol. The van der Waals surface area contributed by atoms with Crippen molar-refractivity contribution < 1.29 is 23.9 Å². The molecule has 2 heterocycles. The Kier molecular flexibility index (Phi) is 8.57. The average Bonchev–Trinajstić information content (AvgIpc) is 3.43. The molecule has 0 saturated heterocycles. The molecule has 0 radical (unpaired) electrons. The standard InChI is InChI=1S/C24H25FN4O3.C4H5N3O/c1-14(2)23(31)27-18-9-10-22(30)19(11-18)20-12-21(16-5-6-16)29(28-20)24(32)26-13-15-3-7-17(25)8-4-15;5-4(8)7-3-1-2-6-7/h3-4,7-12,14,16,30H,5-6,13H2,1-2H3,(H,26,32)(H,27,31);1-3H,(H2,5,8). The first kappa shape index (κ1) is 28.0. The van der Waals surface area contributed by atoms with Crippen molar-refractivity contribution in [2.24, 2.45) is 11.7 Å². The smallest absolute Gasteiger partial charge is 0.342 e. The number of hydrogen-bond donors (Lipinski definition) is 4. The van der Waals surface area contributed by atoms with Gasteiger partial charge >= 0.3 is 12.1 Å². The highest BCUT2D eigenvalue weighted by atomic mass is 19.1. The lowest BCUT2D eigenvalue weighted by molar-refractivity contribution is -0.118. The first-order valence-corrected chi connectivity index (χ1v) is 12.7. The minimum atomic E-state index is -0.560. The van der Waals surface area contributed by atoms with Crippen LogP contribution in [0.4, 0.5) is 19.7 Å². The van der Waals surface area contributed by atoms with Crippen LogP contribution in [0.15, 0.2) is 67.0 Å². The third kappa shape index (κ3) is 7.10. The van der Waals surface area contributed by atoms with Crippen molar-refractivity contribution in [3.63, 3.8) is 0 Å². The minimum absolute atomic E-state index is 0.00580. The van der Waals surface area contributed by atoms with E-state index in [1.807, 2.05) is 0 Å². The second-order valence-corrected chi connectivity index (χ2v) is 9.59. The Morgan fingerprint density at radius 1 is 1.12 bits per heavy atom. The number of primary amides is 1. The Hall–Kier alpha value is -5.00. The number of nitrogens with one attached hydrogen (secondary N) is 2. The molecule has 208 valence electrons. The number of aromatic nitrogens is 4. The van der Waals surface area contributed by atoms with Crippen molar-refractivity contribution >= 4 is 23.7 Å². The van der Waals surface area contributed by atoms with E-state index < -0.39 is 12.1 Å². The quantitative estimate of drug-likeness (QED) is 0.262. The van der Waals surface area contributed by atoms with Crippen LogP contribution in [0.3, 0.4) is 0 Å². The molecule has 0 unspecified atom stereocenters. The van der Waals surface area contributed by atoms with Crippen LogP contribution in [-0.4, -0.2) is 42.6 Å². The number of amides is 3. The zero-order valence-electron chi connectivity index (χ0n) is 22.0. The van der Waals surface area contributed by atoms with Gasteiger partial charge in [-0.25, -0.2) is 14.0 Å². The summed E-state index contributed by atoms with van der Waals surface area (Å²) in [6, 6.07) is 13.2. The Morgan fingerprint density at radius 2 is 1.85 bits per heavy atom. The average molecular weight is 548 g/mol. The number of nitrogens with two attached hydrogens (primary N) is 1. The van der Waals surface area contributed by atoms with Gasteiger partial charge in [0.25, 0.3) is 0 Å². The zero-order valence-corrected chi connectivity index (χ0v) is 22.0. The number of phenolic OH excluding ortho intramolecular Hbond substituents is 1. The summed E-state index contributed by atoms with van der Waals surface area (Å²) in [5.74, 6) is -0.409. The van der Waals surface area contributed by atoms with Crippen LogP contribution in [0.5, 0.6) is 5.75 Å². The summed E-state index contributed by atoms with van der Waals surface area (Å²) in [7, 11) is 0. The van der Waals surface area contributed by atoms with Gasteiger partial charge in [0.05, 0.1) is 11.4 Å². The van der Waals surface area contributed by atoms with Gasteiger partial charge < -0.3 is 21.5 Å². The highest BCUT2D eigenvalue weighted by Crippen LogP contribution is 2.42. The van der Waals surface area contributed by atoms with Crippen molar-refractivity contribution in [2.45, 2.75) is 39.2 Å². The number of rotatable bonds is 6. The lowest BCUT2D eigenvalue weighted by atomic mass is 10.1. The van der Waals surface area contributed by atoms with Crippen LogP contribution in [0.1, 0.15) is 43.9 Å². The third-order valence-corrected chi connectivity index (χ3v) is 6.08. The molecule has 5 N–H and O–H groups in total. The summed E-state index contributed by atoms with van der Waals surface area (Å²) < 4.78 is 15.5. The molecule has 0 spiro atoms. The monoisotopic (exact) mass is 547 g/mol. The Morgan fingerprint density at radius 3 is 2.42 bits per heavy atom. The summed E-state index contributed by atoms with van der Waals surface area (Å²) in [6.07, 6.45) is 4.91. The van der Waals surface area contributed by atoms with Crippen molar-refractivity contribution in [3.8, 4) is 17.0 Å². The van der Waals surface area contributed by atoms with Gasteiger partial charge in [-0.15, -0.1) is 0 Å². The second kappa shape index (κ2) is 12.2. The molecular formula is C28H30FN7O4. The fourth-order valence-electron chi connectivity index (χ4n) is 3.72. The first-order valence-electron chi connectivity index (χ1n) is 12.7. The van der Waals surface area contributed by atoms with E-state index in [4.69, 9.17) is 5.73 Å². The molecule has 1 fully saturated rings. The molecule has 40 heavy (non-hydrogen) atoms. The minimum Gasteiger partial charge on any atom is -0.507 e. The van der Waals surface area contributed by atoms with E-state index in [1.165, 1.54) is 35.3 Å². The van der Waals surface area contributed by atoms with Crippen LogP contribution in [-0.2, 0) is 11.3 Å². The number of nitrogens with zero attached hydrogens (tertiary/aromatic N) is 4. The SMILES string of the molecule is CC(C)C(=O)Nc1ccc(O)c(-c2cc(C3CC3)n(C(=O)NCc3ccc(F)cc3)n2)c1.NC(=O)n1cccn1. The summed E-state index contributed by atoms with van der Waals surface area (Å²) in [4.78, 5) is 35.1. The van der Waals surface area contributed by atoms with Gasteiger partial charge in [-0.2, -0.15) is 19.6 Å². The molecule has 11 nitrogen and oxygen atoms in total. The maximum Gasteiger partial charge on any atom is 0.342 e. The number of carbonyl (C=O) groups is 3. The molecule has 0 bridgehead atoms. The van der Waals surface area contributed by atoms with Gasteiger partial charge in [-0.1, -0.05) is 26.0 Å². The van der Waals surface area contributed by atoms with Gasteiger partial charge in [0.1, 0.15) is 11.6 Å². The van der Waals surface area contributed by atoms with Gasteiger partial charge in [0.15, 0.2) is 0 Å².